The third-order valence-electron chi connectivity index (χ3n) is 5.35. The van der Waals surface area contributed by atoms with Crippen LogP contribution in [0.2, 0.25) is 0 Å². The van der Waals surface area contributed by atoms with Gasteiger partial charge in [0.2, 0.25) is 0 Å². The molecule has 1 fully saturated rings. The van der Waals surface area contributed by atoms with Gasteiger partial charge in [0.25, 0.3) is 0 Å². The Labute approximate surface area is 190 Å². The molecule has 0 saturated carbocycles. The number of hydrogen-bond donors (Lipinski definition) is 2. The van der Waals surface area contributed by atoms with E-state index in [-0.39, 0.29) is 28.4 Å². The van der Waals surface area contributed by atoms with Crippen LogP contribution >= 0.6 is 11.6 Å². The van der Waals surface area contributed by atoms with Gasteiger partial charge in [0, 0.05) is 25.0 Å². The highest BCUT2D eigenvalue weighted by molar-refractivity contribution is 6.46. The standard InChI is InChI=1S/C23H24ClF2N5O/c1-2-4-15-13-31(9-10-32-15)14-7-8-19-20(11-14)29-22(16(24)12-27)30-23(28-19)21-17(25)5-3-6-18(21)26/h3,5-8,11-12,15H,2,4,9-10,13,27H2,1H3,(H,28,29,30)/b16-12+/t15-/m0/s1. The average molecular weight is 460 g/mol. The fourth-order valence-corrected chi connectivity index (χ4v) is 3.87. The molecule has 2 heterocycles. The second kappa shape index (κ2) is 9.67. The summed E-state index contributed by atoms with van der Waals surface area (Å²) in [5.41, 5.74) is 7.31. The Hall–Kier alpha value is -2.97. The summed E-state index contributed by atoms with van der Waals surface area (Å²) >= 11 is 6.23. The first-order chi connectivity index (χ1) is 15.5. The second-order valence-corrected chi connectivity index (χ2v) is 7.97. The van der Waals surface area contributed by atoms with Crippen LogP contribution in [-0.4, -0.2) is 37.5 Å². The van der Waals surface area contributed by atoms with Crippen molar-refractivity contribution in [3.8, 4) is 0 Å². The Morgan fingerprint density at radius 1 is 1.28 bits per heavy atom. The molecule has 0 amide bonds. The van der Waals surface area contributed by atoms with Gasteiger partial charge in [-0.15, -0.1) is 0 Å². The van der Waals surface area contributed by atoms with E-state index >= 15 is 0 Å². The van der Waals surface area contributed by atoms with E-state index in [9.17, 15) is 8.78 Å². The Bertz CT molecular complexity index is 1080. The zero-order valence-electron chi connectivity index (χ0n) is 17.6. The number of amidine groups is 2. The maximum absolute atomic E-state index is 14.5. The molecule has 6 nitrogen and oxygen atoms in total. The van der Waals surface area contributed by atoms with Crippen LogP contribution in [0.1, 0.15) is 25.3 Å². The number of anilines is 2. The van der Waals surface area contributed by atoms with Gasteiger partial charge < -0.3 is 20.7 Å². The topological polar surface area (TPSA) is 75.2 Å². The molecule has 4 rings (SSSR count). The van der Waals surface area contributed by atoms with Crippen molar-refractivity contribution in [3.63, 3.8) is 0 Å². The van der Waals surface area contributed by atoms with Crippen LogP contribution in [0.3, 0.4) is 0 Å². The van der Waals surface area contributed by atoms with Crippen LogP contribution in [0.15, 0.2) is 57.6 Å². The highest BCUT2D eigenvalue weighted by Gasteiger charge is 2.24. The highest BCUT2D eigenvalue weighted by atomic mass is 35.5. The van der Waals surface area contributed by atoms with Gasteiger partial charge in [0.1, 0.15) is 11.6 Å². The monoisotopic (exact) mass is 459 g/mol. The van der Waals surface area contributed by atoms with Crippen molar-refractivity contribution < 1.29 is 13.5 Å². The predicted octanol–water partition coefficient (Wildman–Crippen LogP) is 4.91. The van der Waals surface area contributed by atoms with Gasteiger partial charge in [-0.3, -0.25) is 0 Å². The Balaban J connectivity index is 1.76. The molecule has 1 saturated heterocycles. The largest absolute Gasteiger partial charge is 0.403 e. The van der Waals surface area contributed by atoms with Crippen molar-refractivity contribution in [2.24, 2.45) is 15.7 Å². The van der Waals surface area contributed by atoms with Gasteiger partial charge in [0.15, 0.2) is 11.7 Å². The molecule has 2 aliphatic rings. The van der Waals surface area contributed by atoms with E-state index in [0.29, 0.717) is 18.0 Å². The summed E-state index contributed by atoms with van der Waals surface area (Å²) in [7, 11) is 0. The summed E-state index contributed by atoms with van der Waals surface area (Å²) in [5, 5.41) is 3.22. The fourth-order valence-electron chi connectivity index (χ4n) is 3.78. The van der Waals surface area contributed by atoms with E-state index in [1.807, 2.05) is 12.1 Å². The van der Waals surface area contributed by atoms with Crippen molar-refractivity contribution in [3.05, 3.63) is 64.8 Å². The minimum Gasteiger partial charge on any atom is -0.403 e. The number of fused-ring (bicyclic) bond motifs is 1. The molecule has 0 radical (unpaired) electrons. The predicted molar refractivity (Wildman–Crippen MR) is 125 cm³/mol. The van der Waals surface area contributed by atoms with Gasteiger partial charge in [-0.05, 0) is 36.8 Å². The van der Waals surface area contributed by atoms with Gasteiger partial charge in [-0.25, -0.2) is 18.8 Å². The summed E-state index contributed by atoms with van der Waals surface area (Å²) in [5.74, 6) is -1.52. The van der Waals surface area contributed by atoms with E-state index in [2.05, 4.69) is 27.1 Å². The van der Waals surface area contributed by atoms with E-state index < -0.39 is 11.6 Å². The lowest BCUT2D eigenvalue weighted by atomic mass is 10.1. The molecule has 3 N–H and O–H groups in total. The average Bonchev–Trinajstić information content (AvgIpc) is 2.98. The quantitative estimate of drug-likeness (QED) is 0.666. The lowest BCUT2D eigenvalue weighted by Crippen LogP contribution is -2.42. The summed E-state index contributed by atoms with van der Waals surface area (Å²) < 4.78 is 34.8. The number of rotatable bonds is 5. The Kier molecular flexibility index (Phi) is 6.72. The smallest absolute Gasteiger partial charge is 0.168 e. The molecule has 0 aliphatic carbocycles. The number of ether oxygens (including phenoxy) is 1. The number of halogens is 3. The third kappa shape index (κ3) is 4.61. The Morgan fingerprint density at radius 2 is 2.06 bits per heavy atom. The number of nitrogens with one attached hydrogen (secondary N) is 1. The number of nitrogens with two attached hydrogens (primary N) is 1. The first-order valence-electron chi connectivity index (χ1n) is 10.5. The SMILES string of the molecule is CCC[C@H]1CN(c2ccc3c(c2)NC(/C(Cl)=C\N)=NC(c2c(F)cccc2F)=N3)CCO1. The molecule has 2 aromatic rings. The summed E-state index contributed by atoms with van der Waals surface area (Å²) in [6.45, 7) is 4.33. The molecular weight excluding hydrogens is 436 g/mol. The van der Waals surface area contributed by atoms with Crippen LogP contribution in [0.4, 0.5) is 25.8 Å². The van der Waals surface area contributed by atoms with Gasteiger partial charge in [0.05, 0.1) is 34.7 Å². The highest BCUT2D eigenvalue weighted by Crippen LogP contribution is 2.34. The van der Waals surface area contributed by atoms with Crippen molar-refractivity contribution in [1.29, 1.82) is 0 Å². The molecule has 168 valence electrons. The van der Waals surface area contributed by atoms with E-state index in [1.165, 1.54) is 6.07 Å². The Morgan fingerprint density at radius 3 is 2.78 bits per heavy atom. The third-order valence-corrected chi connectivity index (χ3v) is 5.66. The zero-order valence-corrected chi connectivity index (χ0v) is 18.4. The maximum Gasteiger partial charge on any atom is 0.168 e. The molecular formula is C23H24ClF2N5O. The van der Waals surface area contributed by atoms with Gasteiger partial charge in [-0.2, -0.15) is 0 Å². The van der Waals surface area contributed by atoms with Gasteiger partial charge >= 0.3 is 0 Å². The van der Waals surface area contributed by atoms with Gasteiger partial charge in [-0.1, -0.05) is 31.0 Å². The van der Waals surface area contributed by atoms with Crippen LogP contribution < -0.4 is 16.0 Å². The molecule has 0 bridgehead atoms. The number of nitrogens with zero attached hydrogens (tertiary/aromatic N) is 3. The van der Waals surface area contributed by atoms with E-state index in [4.69, 9.17) is 22.1 Å². The lowest BCUT2D eigenvalue weighted by Gasteiger charge is -2.34. The van der Waals surface area contributed by atoms with Crippen molar-refractivity contribution in [1.82, 2.24) is 0 Å². The van der Waals surface area contributed by atoms with Crippen molar-refractivity contribution in [2.45, 2.75) is 25.9 Å². The van der Waals surface area contributed by atoms with E-state index in [0.717, 1.165) is 50.0 Å². The summed E-state index contributed by atoms with van der Waals surface area (Å²) in [6, 6.07) is 9.24. The van der Waals surface area contributed by atoms with Crippen LogP contribution in [0.25, 0.3) is 0 Å². The second-order valence-electron chi connectivity index (χ2n) is 7.56. The normalized spacial score (nSPS) is 18.9. The number of aliphatic imine (C=N–C) groups is 2. The van der Waals surface area contributed by atoms with Crippen LogP contribution in [0, 0.1) is 11.6 Å². The maximum atomic E-state index is 14.5. The molecule has 2 aromatic carbocycles. The van der Waals surface area contributed by atoms with Crippen LogP contribution in [0.5, 0.6) is 0 Å². The lowest BCUT2D eigenvalue weighted by molar-refractivity contribution is 0.0348. The van der Waals surface area contributed by atoms with Crippen molar-refractivity contribution >= 4 is 40.3 Å². The van der Waals surface area contributed by atoms with E-state index in [1.54, 1.807) is 6.07 Å². The zero-order chi connectivity index (χ0) is 22.7. The molecule has 0 spiro atoms. The fraction of sp³-hybridized carbons (Fsp3) is 0.304. The van der Waals surface area contributed by atoms with Crippen LogP contribution in [-0.2, 0) is 4.74 Å². The molecule has 2 aliphatic heterocycles. The molecule has 0 aromatic heterocycles. The van der Waals surface area contributed by atoms with Crippen molar-refractivity contribution in [2.75, 3.05) is 29.9 Å². The first kappa shape index (κ1) is 22.2. The number of benzene rings is 2. The summed E-state index contributed by atoms with van der Waals surface area (Å²) in [6.07, 6.45) is 3.39. The number of hydrogen-bond acceptors (Lipinski definition) is 6. The minimum atomic E-state index is -0.768. The first-order valence-corrected chi connectivity index (χ1v) is 10.8. The molecule has 0 unspecified atom stereocenters. The molecule has 32 heavy (non-hydrogen) atoms. The minimum absolute atomic E-state index is 0.0992. The number of morpholine rings is 1. The summed E-state index contributed by atoms with van der Waals surface area (Å²) in [4.78, 5) is 11.0. The molecule has 9 heteroatoms. The molecule has 1 atom stereocenters.